The van der Waals surface area contributed by atoms with Gasteiger partial charge in [-0.3, -0.25) is 4.79 Å². The highest BCUT2D eigenvalue weighted by molar-refractivity contribution is 7.89. The smallest absolute Gasteiger partial charge is 0.390 e. The number of anilines is 1. The van der Waals surface area contributed by atoms with Crippen molar-refractivity contribution >= 4 is 21.7 Å². The third-order valence-corrected chi connectivity index (χ3v) is 7.90. The number of hydrogen-bond acceptors (Lipinski definition) is 7. The normalized spacial score (nSPS) is 15.2. The number of carbonyl (C=O) groups is 1. The van der Waals surface area contributed by atoms with Gasteiger partial charge in [0.25, 0.3) is 5.91 Å². The molecule has 3 heterocycles. The standard InChI is InChI=1S/C23H24F4N6O4S/c1-14(12-34)33-13-28-31-21(33)19-3-2-4-20(29-19)30-22(35)17-9-16-11-32(7-5-15(16)10-18(17)24)38(36,37)8-6-23(25,26)27/h2-4,9-10,13-14,34H,5-8,11-12H2,1H3,(H,29,30,35)/t14-/m1/s1. The van der Waals surface area contributed by atoms with Gasteiger partial charge in [-0.05, 0) is 48.7 Å². The predicted octanol–water partition coefficient (Wildman–Crippen LogP) is 2.93. The van der Waals surface area contributed by atoms with Crippen molar-refractivity contribution in [3.8, 4) is 11.5 Å². The van der Waals surface area contributed by atoms with Crippen molar-refractivity contribution in [1.29, 1.82) is 0 Å². The molecule has 0 saturated heterocycles. The van der Waals surface area contributed by atoms with Crippen LogP contribution in [0.4, 0.5) is 23.4 Å². The minimum absolute atomic E-state index is 0.0761. The highest BCUT2D eigenvalue weighted by atomic mass is 32.2. The summed E-state index contributed by atoms with van der Waals surface area (Å²) in [7, 11) is -4.21. The summed E-state index contributed by atoms with van der Waals surface area (Å²) in [5.74, 6) is -2.35. The van der Waals surface area contributed by atoms with Gasteiger partial charge in [-0.25, -0.2) is 17.8 Å². The van der Waals surface area contributed by atoms with Crippen LogP contribution in [0.15, 0.2) is 36.7 Å². The van der Waals surface area contributed by atoms with Crippen molar-refractivity contribution in [2.75, 3.05) is 24.2 Å². The molecule has 0 bridgehead atoms. The molecule has 10 nitrogen and oxygen atoms in total. The quantitative estimate of drug-likeness (QED) is 0.408. The highest BCUT2D eigenvalue weighted by Crippen LogP contribution is 2.27. The number of rotatable bonds is 8. The number of hydrogen-bond donors (Lipinski definition) is 2. The molecule has 1 atom stereocenters. The highest BCUT2D eigenvalue weighted by Gasteiger charge is 2.34. The summed E-state index contributed by atoms with van der Waals surface area (Å²) in [4.78, 5) is 17.2. The minimum Gasteiger partial charge on any atom is -0.394 e. The molecule has 3 aromatic rings. The fourth-order valence-electron chi connectivity index (χ4n) is 3.99. The number of halogens is 4. The Hall–Kier alpha value is -3.43. The van der Waals surface area contributed by atoms with Crippen LogP contribution < -0.4 is 5.32 Å². The van der Waals surface area contributed by atoms with E-state index in [1.165, 1.54) is 18.5 Å². The molecule has 204 valence electrons. The first-order chi connectivity index (χ1) is 17.9. The van der Waals surface area contributed by atoms with E-state index in [0.717, 1.165) is 10.4 Å². The zero-order valence-electron chi connectivity index (χ0n) is 20.1. The van der Waals surface area contributed by atoms with Crippen LogP contribution in [0, 0.1) is 5.82 Å². The number of alkyl halides is 3. The van der Waals surface area contributed by atoms with Gasteiger partial charge in [0.2, 0.25) is 10.0 Å². The maximum atomic E-state index is 14.8. The monoisotopic (exact) mass is 556 g/mol. The van der Waals surface area contributed by atoms with E-state index in [1.54, 1.807) is 23.6 Å². The van der Waals surface area contributed by atoms with E-state index in [-0.39, 0.29) is 43.5 Å². The van der Waals surface area contributed by atoms with Crippen LogP contribution in [0.3, 0.4) is 0 Å². The topological polar surface area (TPSA) is 130 Å². The number of nitrogens with zero attached hydrogens (tertiary/aromatic N) is 5. The van der Waals surface area contributed by atoms with Gasteiger partial charge >= 0.3 is 6.18 Å². The lowest BCUT2D eigenvalue weighted by atomic mass is 9.97. The molecule has 1 aliphatic heterocycles. The number of pyridine rings is 1. The van der Waals surface area contributed by atoms with Gasteiger partial charge in [0, 0.05) is 13.1 Å². The SMILES string of the molecule is C[C@H](CO)n1cnnc1-c1cccc(NC(=O)c2cc3c(cc2F)CCN(S(=O)(=O)CCC(F)(F)F)C3)n1. The van der Waals surface area contributed by atoms with Crippen LogP contribution in [-0.2, 0) is 23.0 Å². The Kier molecular flexibility index (Phi) is 7.80. The molecule has 0 unspecified atom stereocenters. The van der Waals surface area contributed by atoms with Crippen LogP contribution >= 0.6 is 0 Å². The van der Waals surface area contributed by atoms with Gasteiger partial charge in [0.1, 0.15) is 23.7 Å². The second-order valence-corrected chi connectivity index (χ2v) is 10.9. The molecule has 38 heavy (non-hydrogen) atoms. The summed E-state index contributed by atoms with van der Waals surface area (Å²) in [6.45, 7) is 1.22. The Balaban J connectivity index is 1.53. The Bertz CT molecular complexity index is 1440. The predicted molar refractivity (Wildman–Crippen MR) is 128 cm³/mol. The molecule has 0 saturated carbocycles. The molecule has 0 radical (unpaired) electrons. The molecular weight excluding hydrogens is 532 g/mol. The van der Waals surface area contributed by atoms with Gasteiger partial charge < -0.3 is 15.0 Å². The average molecular weight is 557 g/mol. The number of aliphatic hydroxyl groups excluding tert-OH is 1. The molecule has 4 rings (SSSR count). The maximum absolute atomic E-state index is 14.8. The van der Waals surface area contributed by atoms with Crippen molar-refractivity contribution in [2.24, 2.45) is 0 Å². The van der Waals surface area contributed by atoms with Gasteiger partial charge in [-0.15, -0.1) is 10.2 Å². The summed E-state index contributed by atoms with van der Waals surface area (Å²) in [6.07, 6.45) is -4.57. The third-order valence-electron chi connectivity index (χ3n) is 6.08. The van der Waals surface area contributed by atoms with Gasteiger partial charge in [-0.2, -0.15) is 17.5 Å². The first-order valence-electron chi connectivity index (χ1n) is 11.5. The maximum Gasteiger partial charge on any atom is 0.390 e. The van der Waals surface area contributed by atoms with E-state index in [2.05, 4.69) is 20.5 Å². The molecule has 0 fully saturated rings. The van der Waals surface area contributed by atoms with Crippen molar-refractivity contribution in [2.45, 2.75) is 38.5 Å². The lowest BCUT2D eigenvalue weighted by molar-refractivity contribution is -0.130. The minimum atomic E-state index is -4.62. The van der Waals surface area contributed by atoms with Crippen LogP contribution in [-0.4, -0.2) is 68.6 Å². The lowest BCUT2D eigenvalue weighted by Crippen LogP contribution is -2.38. The zero-order valence-corrected chi connectivity index (χ0v) is 20.9. The first-order valence-corrected chi connectivity index (χ1v) is 13.1. The molecule has 2 aromatic heterocycles. The molecule has 1 aliphatic rings. The molecule has 15 heteroatoms. The lowest BCUT2D eigenvalue weighted by Gasteiger charge is -2.28. The number of carbonyl (C=O) groups excluding carboxylic acids is 1. The first kappa shape index (κ1) is 27.6. The summed E-state index contributed by atoms with van der Waals surface area (Å²) in [6, 6.07) is 6.69. The Morgan fingerprint density at radius 2 is 2.00 bits per heavy atom. The molecule has 1 amide bonds. The fraction of sp³-hybridized carbons (Fsp3) is 0.391. The van der Waals surface area contributed by atoms with Crippen molar-refractivity contribution in [3.05, 3.63) is 59.2 Å². The second-order valence-electron chi connectivity index (χ2n) is 8.82. The van der Waals surface area contributed by atoms with Crippen molar-refractivity contribution < 1.29 is 35.9 Å². The number of aromatic nitrogens is 4. The Labute approximate surface area is 215 Å². The van der Waals surface area contributed by atoms with E-state index < -0.39 is 40.1 Å². The molecule has 1 aromatic carbocycles. The molecular formula is C23H24F4N6O4S. The Morgan fingerprint density at radius 1 is 1.24 bits per heavy atom. The van der Waals surface area contributed by atoms with E-state index in [0.29, 0.717) is 22.6 Å². The summed E-state index contributed by atoms with van der Waals surface area (Å²) in [5, 5.41) is 19.8. The van der Waals surface area contributed by atoms with E-state index >= 15 is 0 Å². The zero-order chi connectivity index (χ0) is 27.7. The number of sulfonamides is 1. The van der Waals surface area contributed by atoms with Crippen LogP contribution in [0.1, 0.15) is 40.9 Å². The van der Waals surface area contributed by atoms with E-state index in [1.807, 2.05) is 0 Å². The van der Waals surface area contributed by atoms with Crippen LogP contribution in [0.5, 0.6) is 0 Å². The van der Waals surface area contributed by atoms with Crippen molar-refractivity contribution in [1.82, 2.24) is 24.1 Å². The van der Waals surface area contributed by atoms with E-state index in [4.69, 9.17) is 0 Å². The van der Waals surface area contributed by atoms with Gasteiger partial charge in [0.15, 0.2) is 5.82 Å². The molecule has 0 spiro atoms. The summed E-state index contributed by atoms with van der Waals surface area (Å²) >= 11 is 0. The Morgan fingerprint density at radius 3 is 2.71 bits per heavy atom. The second kappa shape index (κ2) is 10.7. The fourth-order valence-corrected chi connectivity index (χ4v) is 5.44. The number of fused-ring (bicyclic) bond motifs is 1. The van der Waals surface area contributed by atoms with E-state index in [9.17, 15) is 35.9 Å². The average Bonchev–Trinajstić information content (AvgIpc) is 3.36. The number of aliphatic hydroxyl groups is 1. The third kappa shape index (κ3) is 6.16. The van der Waals surface area contributed by atoms with Crippen LogP contribution in [0.25, 0.3) is 11.5 Å². The molecule has 0 aliphatic carbocycles. The number of benzene rings is 1. The molecule has 2 N–H and O–H groups in total. The van der Waals surface area contributed by atoms with Gasteiger partial charge in [0.05, 0.1) is 30.4 Å². The largest absolute Gasteiger partial charge is 0.394 e. The summed E-state index contributed by atoms with van der Waals surface area (Å²) in [5.41, 5.74) is 0.763. The van der Waals surface area contributed by atoms with Gasteiger partial charge in [-0.1, -0.05) is 6.07 Å². The summed E-state index contributed by atoms with van der Waals surface area (Å²) < 4.78 is 79.8. The number of nitrogens with one attached hydrogen (secondary N) is 1. The van der Waals surface area contributed by atoms with Crippen LogP contribution in [0.2, 0.25) is 0 Å². The van der Waals surface area contributed by atoms with Crippen molar-refractivity contribution in [3.63, 3.8) is 0 Å². The number of amides is 1.